The quantitative estimate of drug-likeness (QED) is 0.818. The van der Waals surface area contributed by atoms with Crippen molar-refractivity contribution >= 4 is 11.7 Å². The molecule has 1 aromatic carbocycles. The minimum atomic E-state index is -0.193. The molecule has 1 unspecified atom stereocenters. The van der Waals surface area contributed by atoms with Gasteiger partial charge < -0.3 is 11.1 Å². The van der Waals surface area contributed by atoms with Crippen LogP contribution in [0.2, 0.25) is 0 Å². The number of nitrogens with two attached hydrogens (primary N) is 1. The molecule has 21 heavy (non-hydrogen) atoms. The van der Waals surface area contributed by atoms with Crippen LogP contribution < -0.4 is 11.1 Å². The van der Waals surface area contributed by atoms with Crippen molar-refractivity contribution in [1.82, 2.24) is 5.32 Å². The van der Waals surface area contributed by atoms with Crippen LogP contribution in [0.25, 0.3) is 0 Å². The number of carbonyl (C=O) groups excluding carboxylic acids is 2. The number of carbonyl (C=O) groups is 2. The largest absolute Gasteiger partial charge is 0.348 e. The third-order valence-electron chi connectivity index (χ3n) is 4.34. The van der Waals surface area contributed by atoms with E-state index >= 15 is 0 Å². The summed E-state index contributed by atoms with van der Waals surface area (Å²) in [7, 11) is 0. The third kappa shape index (κ3) is 3.91. The number of Topliss-reactive ketones (excluding diaryl/α,β-unsaturated/α-hetero) is 1. The molecule has 0 aliphatic heterocycles. The SMILES string of the molecule is CC(=O)c1ccccc1C(=O)NC(CN)C1CCCCC1. The Morgan fingerprint density at radius 1 is 1.19 bits per heavy atom. The van der Waals surface area contributed by atoms with Crippen molar-refractivity contribution in [2.24, 2.45) is 11.7 Å². The molecule has 4 heteroatoms. The predicted octanol–water partition coefficient (Wildman–Crippen LogP) is 2.53. The molecule has 0 radical (unpaired) electrons. The minimum Gasteiger partial charge on any atom is -0.348 e. The van der Waals surface area contributed by atoms with Crippen molar-refractivity contribution in [1.29, 1.82) is 0 Å². The maximum absolute atomic E-state index is 12.5. The van der Waals surface area contributed by atoms with Crippen molar-refractivity contribution in [3.63, 3.8) is 0 Å². The van der Waals surface area contributed by atoms with Gasteiger partial charge in [-0.25, -0.2) is 0 Å². The van der Waals surface area contributed by atoms with E-state index in [2.05, 4.69) is 5.32 Å². The molecule has 1 aromatic rings. The summed E-state index contributed by atoms with van der Waals surface area (Å²) >= 11 is 0. The van der Waals surface area contributed by atoms with Gasteiger partial charge in [0.2, 0.25) is 0 Å². The Labute approximate surface area is 126 Å². The van der Waals surface area contributed by atoms with Gasteiger partial charge in [-0.15, -0.1) is 0 Å². The summed E-state index contributed by atoms with van der Waals surface area (Å²) in [4.78, 5) is 24.1. The van der Waals surface area contributed by atoms with Crippen LogP contribution in [0.3, 0.4) is 0 Å². The van der Waals surface area contributed by atoms with Gasteiger partial charge in [-0.1, -0.05) is 37.5 Å². The maximum Gasteiger partial charge on any atom is 0.252 e. The first kappa shape index (κ1) is 15.7. The van der Waals surface area contributed by atoms with Crippen molar-refractivity contribution in [2.75, 3.05) is 6.54 Å². The number of benzene rings is 1. The molecule has 0 aromatic heterocycles. The van der Waals surface area contributed by atoms with E-state index in [9.17, 15) is 9.59 Å². The van der Waals surface area contributed by atoms with E-state index in [-0.39, 0.29) is 17.7 Å². The summed E-state index contributed by atoms with van der Waals surface area (Å²) in [6.07, 6.45) is 5.93. The molecule has 1 amide bonds. The normalized spacial score (nSPS) is 17.2. The molecular weight excluding hydrogens is 264 g/mol. The smallest absolute Gasteiger partial charge is 0.252 e. The summed E-state index contributed by atoms with van der Waals surface area (Å²) in [6.45, 7) is 1.92. The van der Waals surface area contributed by atoms with Crippen LogP contribution in [0.1, 0.15) is 59.7 Å². The Balaban J connectivity index is 2.10. The van der Waals surface area contributed by atoms with E-state index in [4.69, 9.17) is 5.73 Å². The number of hydrogen-bond acceptors (Lipinski definition) is 3. The van der Waals surface area contributed by atoms with Gasteiger partial charge >= 0.3 is 0 Å². The van der Waals surface area contributed by atoms with Crippen LogP contribution in [0, 0.1) is 5.92 Å². The lowest BCUT2D eigenvalue weighted by molar-refractivity contribution is 0.0905. The maximum atomic E-state index is 12.5. The minimum absolute atomic E-state index is 0.00202. The first-order valence-electron chi connectivity index (χ1n) is 7.74. The molecule has 3 N–H and O–H groups in total. The lowest BCUT2D eigenvalue weighted by Crippen LogP contribution is -2.46. The summed E-state index contributed by atoms with van der Waals surface area (Å²) in [5.74, 6) is 0.168. The van der Waals surface area contributed by atoms with Crippen LogP contribution in [-0.4, -0.2) is 24.3 Å². The average molecular weight is 288 g/mol. The van der Waals surface area contributed by atoms with Crippen LogP contribution in [0.5, 0.6) is 0 Å². The molecule has 0 spiro atoms. The highest BCUT2D eigenvalue weighted by Crippen LogP contribution is 2.26. The van der Waals surface area contributed by atoms with Gasteiger partial charge in [0, 0.05) is 18.2 Å². The predicted molar refractivity (Wildman–Crippen MR) is 83.3 cm³/mol. The second kappa shape index (κ2) is 7.36. The van der Waals surface area contributed by atoms with E-state index in [1.165, 1.54) is 26.2 Å². The highest BCUT2D eigenvalue weighted by Gasteiger charge is 2.25. The fraction of sp³-hybridized carbons (Fsp3) is 0.529. The number of ketones is 1. The summed E-state index contributed by atoms with van der Waals surface area (Å²) in [6, 6.07) is 6.93. The van der Waals surface area contributed by atoms with Crippen LogP contribution in [0.4, 0.5) is 0 Å². The summed E-state index contributed by atoms with van der Waals surface area (Å²) in [5.41, 5.74) is 6.76. The van der Waals surface area contributed by atoms with E-state index in [0.29, 0.717) is 23.6 Å². The zero-order valence-electron chi connectivity index (χ0n) is 12.6. The van der Waals surface area contributed by atoms with Gasteiger partial charge in [0.25, 0.3) is 5.91 Å². The number of rotatable bonds is 5. The van der Waals surface area contributed by atoms with Crippen molar-refractivity contribution in [2.45, 2.75) is 45.1 Å². The number of hydrogen-bond donors (Lipinski definition) is 2. The molecule has 0 saturated heterocycles. The lowest BCUT2D eigenvalue weighted by Gasteiger charge is -2.30. The zero-order chi connectivity index (χ0) is 15.2. The van der Waals surface area contributed by atoms with Crippen molar-refractivity contribution in [3.05, 3.63) is 35.4 Å². The summed E-state index contributed by atoms with van der Waals surface area (Å²) < 4.78 is 0. The Morgan fingerprint density at radius 3 is 2.38 bits per heavy atom. The molecule has 1 atom stereocenters. The standard InChI is InChI=1S/C17H24N2O2/c1-12(20)14-9-5-6-10-15(14)17(21)19-16(11-18)13-7-3-2-4-8-13/h5-6,9-10,13,16H,2-4,7-8,11,18H2,1H3,(H,19,21). The summed E-state index contributed by atoms with van der Waals surface area (Å²) in [5, 5.41) is 3.03. The Morgan fingerprint density at radius 2 is 1.81 bits per heavy atom. The van der Waals surface area contributed by atoms with Crippen LogP contribution in [0.15, 0.2) is 24.3 Å². The zero-order valence-corrected chi connectivity index (χ0v) is 12.6. The van der Waals surface area contributed by atoms with E-state index in [1.54, 1.807) is 24.3 Å². The second-order valence-electron chi connectivity index (χ2n) is 5.82. The van der Waals surface area contributed by atoms with Crippen molar-refractivity contribution in [3.8, 4) is 0 Å². The first-order chi connectivity index (χ1) is 10.1. The van der Waals surface area contributed by atoms with Gasteiger partial charge in [0.05, 0.1) is 5.56 Å². The number of nitrogens with one attached hydrogen (secondary N) is 1. The molecule has 4 nitrogen and oxygen atoms in total. The lowest BCUT2D eigenvalue weighted by atomic mass is 9.83. The topological polar surface area (TPSA) is 72.2 Å². The molecule has 1 aliphatic rings. The third-order valence-corrected chi connectivity index (χ3v) is 4.34. The van der Waals surface area contributed by atoms with E-state index in [0.717, 1.165) is 12.8 Å². The van der Waals surface area contributed by atoms with Gasteiger partial charge in [-0.3, -0.25) is 9.59 Å². The van der Waals surface area contributed by atoms with Gasteiger partial charge in [-0.05, 0) is 31.7 Å². The van der Waals surface area contributed by atoms with Crippen LogP contribution in [-0.2, 0) is 0 Å². The Kier molecular flexibility index (Phi) is 5.51. The first-order valence-corrected chi connectivity index (χ1v) is 7.74. The number of amides is 1. The monoisotopic (exact) mass is 288 g/mol. The second-order valence-corrected chi connectivity index (χ2v) is 5.82. The molecular formula is C17H24N2O2. The van der Waals surface area contributed by atoms with Gasteiger partial charge in [0.15, 0.2) is 5.78 Å². The molecule has 1 fully saturated rings. The molecule has 2 rings (SSSR count). The van der Waals surface area contributed by atoms with Crippen LogP contribution >= 0.6 is 0 Å². The fourth-order valence-corrected chi connectivity index (χ4v) is 3.14. The molecule has 0 bridgehead atoms. The van der Waals surface area contributed by atoms with Crippen molar-refractivity contribution < 1.29 is 9.59 Å². The molecule has 1 saturated carbocycles. The van der Waals surface area contributed by atoms with E-state index < -0.39 is 0 Å². The van der Waals surface area contributed by atoms with Gasteiger partial charge in [-0.2, -0.15) is 0 Å². The molecule has 0 heterocycles. The van der Waals surface area contributed by atoms with Gasteiger partial charge in [0.1, 0.15) is 0 Å². The highest BCUT2D eigenvalue weighted by molar-refractivity contribution is 6.07. The fourth-order valence-electron chi connectivity index (χ4n) is 3.14. The molecule has 114 valence electrons. The average Bonchev–Trinajstić information content (AvgIpc) is 2.53. The molecule has 1 aliphatic carbocycles. The van der Waals surface area contributed by atoms with E-state index in [1.807, 2.05) is 0 Å². The Hall–Kier alpha value is -1.68. The Bertz CT molecular complexity index is 507. The highest BCUT2D eigenvalue weighted by atomic mass is 16.2.